The topological polar surface area (TPSA) is 96.4 Å². The van der Waals surface area contributed by atoms with Crippen LogP contribution >= 0.6 is 27.5 Å². The van der Waals surface area contributed by atoms with Gasteiger partial charge in [0, 0.05) is 11.4 Å². The van der Waals surface area contributed by atoms with Gasteiger partial charge in [0.05, 0.1) is 47.9 Å². The number of esters is 1. The number of fused-ring (bicyclic) bond motifs is 1. The van der Waals surface area contributed by atoms with E-state index in [2.05, 4.69) is 29.1 Å². The number of aliphatic hydroxyl groups excluding tert-OH is 1. The second kappa shape index (κ2) is 12.9. The van der Waals surface area contributed by atoms with E-state index in [0.717, 1.165) is 5.56 Å². The Morgan fingerprint density at radius 1 is 1.23 bits per heavy atom. The van der Waals surface area contributed by atoms with E-state index in [-0.39, 0.29) is 18.0 Å². The second-order valence-electron chi connectivity index (χ2n) is 11.3. The number of aliphatic hydroxyl groups is 1. The van der Waals surface area contributed by atoms with Crippen LogP contribution in [-0.2, 0) is 23.9 Å². The lowest BCUT2D eigenvalue weighted by atomic mass is 9.70. The number of nitrogens with zero attached hydrogens (tertiary/aromatic N) is 2. The maximum atomic E-state index is 14.9. The number of allylic oxidation sites excluding steroid dienone is 1. The third kappa shape index (κ3) is 5.35. The molecule has 0 aromatic heterocycles. The minimum Gasteiger partial charge on any atom is -0.465 e. The van der Waals surface area contributed by atoms with Gasteiger partial charge in [0.15, 0.2) is 0 Å². The standard InChI is InChI=1S/C33H36BrClN2O6/c1-4-6-10-17-42-32(41)25-26-30(39)37(24(19-38)21-13-8-7-9-14-21)29(33(26)18-22(34)28(25)43-33)31(40)36(16-5-2)27-20(3)12-11-15-23(27)35/h4-5,7-9,11-15,22,24-26,28-29,38H,1-2,6,10,16-19H2,3H3/t22?,24-,25+,26+,28+,29?,33?/m1/s1. The van der Waals surface area contributed by atoms with Crippen molar-refractivity contribution >= 4 is 51.0 Å². The first-order valence-electron chi connectivity index (χ1n) is 14.5. The summed E-state index contributed by atoms with van der Waals surface area (Å²) < 4.78 is 12.3. The van der Waals surface area contributed by atoms with Crippen molar-refractivity contribution in [3.63, 3.8) is 0 Å². The highest BCUT2D eigenvalue weighted by Gasteiger charge is 2.77. The average Bonchev–Trinajstić information content (AvgIpc) is 3.59. The Labute approximate surface area is 265 Å². The number of rotatable bonds is 12. The van der Waals surface area contributed by atoms with E-state index in [4.69, 9.17) is 21.1 Å². The molecule has 0 saturated carbocycles. The Bertz CT molecular complexity index is 1380. The summed E-state index contributed by atoms with van der Waals surface area (Å²) in [5.41, 5.74) is 0.590. The fraction of sp³-hybridized carbons (Fsp3) is 0.424. The molecule has 3 unspecified atom stereocenters. The number of carbonyl (C=O) groups is 3. The highest BCUT2D eigenvalue weighted by atomic mass is 79.9. The first-order valence-corrected chi connectivity index (χ1v) is 15.8. The number of benzene rings is 2. The summed E-state index contributed by atoms with van der Waals surface area (Å²) in [4.78, 5) is 45.7. The first kappa shape index (κ1) is 31.4. The number of para-hydroxylation sites is 1. The lowest BCUT2D eigenvalue weighted by molar-refractivity contribution is -0.155. The Hall–Kier alpha value is -2.98. The van der Waals surface area contributed by atoms with E-state index < -0.39 is 60.0 Å². The molecule has 0 radical (unpaired) electrons. The van der Waals surface area contributed by atoms with Crippen LogP contribution in [0.25, 0.3) is 0 Å². The van der Waals surface area contributed by atoms with Crippen molar-refractivity contribution in [1.82, 2.24) is 4.90 Å². The number of ether oxygens (including phenoxy) is 2. The molecule has 7 atom stereocenters. The minimum absolute atomic E-state index is 0.119. The average molecular weight is 672 g/mol. The number of unbranched alkanes of at least 4 members (excludes halogenated alkanes) is 1. The molecule has 8 nitrogen and oxygen atoms in total. The molecule has 2 aromatic carbocycles. The molecule has 3 aliphatic rings. The molecule has 3 heterocycles. The van der Waals surface area contributed by atoms with Gasteiger partial charge in [-0.15, -0.1) is 13.2 Å². The molecule has 228 valence electrons. The van der Waals surface area contributed by atoms with E-state index in [1.54, 1.807) is 36.4 Å². The van der Waals surface area contributed by atoms with Crippen LogP contribution in [-0.4, -0.2) is 70.1 Å². The Balaban J connectivity index is 1.63. The molecular weight excluding hydrogens is 636 g/mol. The molecule has 3 aliphatic heterocycles. The predicted molar refractivity (Wildman–Crippen MR) is 168 cm³/mol. The van der Waals surface area contributed by atoms with Crippen LogP contribution in [0.5, 0.6) is 0 Å². The number of halogens is 2. The monoisotopic (exact) mass is 670 g/mol. The summed E-state index contributed by atoms with van der Waals surface area (Å²) in [7, 11) is 0. The van der Waals surface area contributed by atoms with Gasteiger partial charge >= 0.3 is 5.97 Å². The number of likely N-dealkylation sites (tertiary alicyclic amines) is 1. The van der Waals surface area contributed by atoms with Crippen LogP contribution in [0, 0.1) is 18.8 Å². The summed E-state index contributed by atoms with van der Waals surface area (Å²) in [5.74, 6) is -3.27. The van der Waals surface area contributed by atoms with Gasteiger partial charge in [-0.25, -0.2) is 0 Å². The summed E-state index contributed by atoms with van der Waals surface area (Å²) in [6.45, 7) is 9.29. The number of anilines is 1. The van der Waals surface area contributed by atoms with Gasteiger partial charge in [-0.05, 0) is 43.4 Å². The number of alkyl halides is 1. The van der Waals surface area contributed by atoms with Crippen LogP contribution < -0.4 is 4.90 Å². The molecule has 1 spiro atoms. The fourth-order valence-electron chi connectivity index (χ4n) is 7.01. The molecule has 2 bridgehead atoms. The molecule has 0 aliphatic carbocycles. The van der Waals surface area contributed by atoms with E-state index in [1.165, 1.54) is 9.80 Å². The minimum atomic E-state index is -1.34. The normalized spacial score (nSPS) is 28.0. The summed E-state index contributed by atoms with van der Waals surface area (Å²) in [6.07, 6.45) is 4.31. The predicted octanol–water partition coefficient (Wildman–Crippen LogP) is 5.16. The summed E-state index contributed by atoms with van der Waals surface area (Å²) >= 11 is 10.3. The van der Waals surface area contributed by atoms with Crippen LogP contribution in [0.4, 0.5) is 5.69 Å². The Morgan fingerprint density at radius 3 is 2.63 bits per heavy atom. The Kier molecular flexibility index (Phi) is 9.46. The molecule has 10 heteroatoms. The van der Waals surface area contributed by atoms with Gasteiger partial charge in [-0.2, -0.15) is 0 Å². The van der Waals surface area contributed by atoms with Crippen molar-refractivity contribution in [2.45, 2.75) is 54.8 Å². The molecule has 3 fully saturated rings. The maximum Gasteiger partial charge on any atom is 0.312 e. The maximum absolute atomic E-state index is 14.9. The molecule has 1 N–H and O–H groups in total. The lowest BCUT2D eigenvalue weighted by Crippen LogP contribution is -2.57. The van der Waals surface area contributed by atoms with Crippen molar-refractivity contribution in [3.8, 4) is 0 Å². The van der Waals surface area contributed by atoms with Gasteiger partial charge in [-0.1, -0.05) is 82.1 Å². The van der Waals surface area contributed by atoms with E-state index in [0.29, 0.717) is 35.5 Å². The van der Waals surface area contributed by atoms with Crippen molar-refractivity contribution in [2.75, 3.05) is 24.7 Å². The number of aryl methyl sites for hydroxylation is 1. The largest absolute Gasteiger partial charge is 0.465 e. The molecule has 2 amide bonds. The smallest absolute Gasteiger partial charge is 0.312 e. The van der Waals surface area contributed by atoms with Gasteiger partial charge < -0.3 is 24.4 Å². The van der Waals surface area contributed by atoms with Crippen molar-refractivity contribution in [3.05, 3.63) is 90.0 Å². The molecule has 2 aromatic rings. The zero-order valence-electron chi connectivity index (χ0n) is 24.0. The van der Waals surface area contributed by atoms with Crippen molar-refractivity contribution in [1.29, 1.82) is 0 Å². The van der Waals surface area contributed by atoms with Crippen LogP contribution in [0.1, 0.15) is 36.4 Å². The van der Waals surface area contributed by atoms with E-state index in [1.807, 2.05) is 31.2 Å². The number of carbonyl (C=O) groups excluding carboxylic acids is 3. The van der Waals surface area contributed by atoms with E-state index in [9.17, 15) is 19.5 Å². The number of hydrogen-bond acceptors (Lipinski definition) is 6. The summed E-state index contributed by atoms with van der Waals surface area (Å²) in [5, 5.41) is 11.1. The fourth-order valence-corrected chi connectivity index (χ4v) is 8.28. The lowest BCUT2D eigenvalue weighted by Gasteiger charge is -2.40. The number of amides is 2. The molecule has 3 saturated heterocycles. The molecule has 43 heavy (non-hydrogen) atoms. The SMILES string of the molecule is C=CCCCOC(=O)[C@H]1[C@H]2C(=O)N([C@H](CO)c3ccccc3)C(C(=O)N(CC=C)c3c(C)cccc3Cl)C23CC(Br)[C@@H]1O3. The summed E-state index contributed by atoms with van der Waals surface area (Å²) in [6, 6.07) is 12.4. The molecular formula is C33H36BrClN2O6. The van der Waals surface area contributed by atoms with Crippen molar-refractivity contribution in [2.24, 2.45) is 11.8 Å². The van der Waals surface area contributed by atoms with E-state index >= 15 is 0 Å². The van der Waals surface area contributed by atoms with Crippen LogP contribution in [0.2, 0.25) is 5.02 Å². The molecule has 5 rings (SSSR count). The van der Waals surface area contributed by atoms with Gasteiger partial charge in [0.25, 0.3) is 5.91 Å². The first-order chi connectivity index (χ1) is 20.7. The quantitative estimate of drug-likeness (QED) is 0.145. The zero-order valence-corrected chi connectivity index (χ0v) is 26.4. The third-order valence-electron chi connectivity index (χ3n) is 8.76. The van der Waals surface area contributed by atoms with Gasteiger partial charge in [0.1, 0.15) is 11.6 Å². The van der Waals surface area contributed by atoms with Crippen LogP contribution in [0.3, 0.4) is 0 Å². The van der Waals surface area contributed by atoms with Gasteiger partial charge in [-0.3, -0.25) is 14.4 Å². The highest BCUT2D eigenvalue weighted by Crippen LogP contribution is 2.61. The zero-order chi connectivity index (χ0) is 30.9. The Morgan fingerprint density at radius 2 is 1.98 bits per heavy atom. The van der Waals surface area contributed by atoms with Gasteiger partial charge in [0.2, 0.25) is 5.91 Å². The van der Waals surface area contributed by atoms with Crippen LogP contribution in [0.15, 0.2) is 73.8 Å². The highest BCUT2D eigenvalue weighted by molar-refractivity contribution is 9.09. The second-order valence-corrected chi connectivity index (χ2v) is 12.8. The van der Waals surface area contributed by atoms with Crippen molar-refractivity contribution < 1.29 is 29.0 Å². The third-order valence-corrected chi connectivity index (χ3v) is 9.91. The number of hydrogen-bond donors (Lipinski definition) is 1.